The SMILES string of the molecule is COc1cc(CNC(=O)COC(=O)C2CCCCC2)ccc1OC(F)F. The van der Waals surface area contributed by atoms with E-state index in [2.05, 4.69) is 10.1 Å². The molecule has 6 nitrogen and oxygen atoms in total. The molecular formula is C18H23F2NO5. The van der Waals surface area contributed by atoms with E-state index in [-0.39, 0.29) is 36.5 Å². The number of amides is 1. The second-order valence-electron chi connectivity index (χ2n) is 6.08. The van der Waals surface area contributed by atoms with E-state index in [4.69, 9.17) is 9.47 Å². The predicted octanol–water partition coefficient (Wildman–Crippen LogP) is 3.04. The molecule has 1 amide bonds. The van der Waals surface area contributed by atoms with Gasteiger partial charge in [-0.1, -0.05) is 25.3 Å². The van der Waals surface area contributed by atoms with Gasteiger partial charge in [-0.15, -0.1) is 0 Å². The Morgan fingerprint density at radius 3 is 2.58 bits per heavy atom. The number of hydrogen-bond donors (Lipinski definition) is 1. The summed E-state index contributed by atoms with van der Waals surface area (Å²) in [6.45, 7) is -3.14. The average Bonchev–Trinajstić information content (AvgIpc) is 2.65. The van der Waals surface area contributed by atoms with Crippen LogP contribution in [0.1, 0.15) is 37.7 Å². The second-order valence-corrected chi connectivity index (χ2v) is 6.08. The standard InChI is InChI=1S/C18H23F2NO5/c1-24-15-9-12(7-8-14(15)26-18(19)20)10-21-16(22)11-25-17(23)13-5-3-2-4-6-13/h7-9,13,18H,2-6,10-11H2,1H3,(H,21,22). The van der Waals surface area contributed by atoms with Gasteiger partial charge in [0.05, 0.1) is 13.0 Å². The maximum absolute atomic E-state index is 12.3. The van der Waals surface area contributed by atoms with Gasteiger partial charge in [0.25, 0.3) is 5.91 Å². The molecule has 0 radical (unpaired) electrons. The lowest BCUT2D eigenvalue weighted by Crippen LogP contribution is -2.30. The van der Waals surface area contributed by atoms with Crippen molar-refractivity contribution in [1.29, 1.82) is 0 Å². The van der Waals surface area contributed by atoms with E-state index in [9.17, 15) is 18.4 Å². The molecule has 2 rings (SSSR count). The number of carbonyl (C=O) groups excluding carboxylic acids is 2. The maximum Gasteiger partial charge on any atom is 0.387 e. The van der Waals surface area contributed by atoms with Gasteiger partial charge < -0.3 is 19.5 Å². The third-order valence-electron chi connectivity index (χ3n) is 4.22. The summed E-state index contributed by atoms with van der Waals surface area (Å²) in [5.41, 5.74) is 0.635. The lowest BCUT2D eigenvalue weighted by atomic mass is 9.89. The smallest absolute Gasteiger partial charge is 0.387 e. The van der Waals surface area contributed by atoms with E-state index in [1.165, 1.54) is 25.3 Å². The summed E-state index contributed by atoms with van der Waals surface area (Å²) < 4.78 is 39.0. The minimum absolute atomic E-state index is 0.0843. The quantitative estimate of drug-likeness (QED) is 0.711. The molecule has 1 fully saturated rings. The van der Waals surface area contributed by atoms with Gasteiger partial charge in [-0.3, -0.25) is 9.59 Å². The van der Waals surface area contributed by atoms with E-state index in [1.807, 2.05) is 0 Å². The average molecular weight is 371 g/mol. The summed E-state index contributed by atoms with van der Waals surface area (Å²) in [7, 11) is 1.33. The summed E-state index contributed by atoms with van der Waals surface area (Å²) in [5, 5.41) is 2.61. The highest BCUT2D eigenvalue weighted by Gasteiger charge is 2.23. The summed E-state index contributed by atoms with van der Waals surface area (Å²) in [6, 6.07) is 4.37. The van der Waals surface area contributed by atoms with Crippen LogP contribution in [0.5, 0.6) is 11.5 Å². The van der Waals surface area contributed by atoms with Crippen LogP contribution in [-0.4, -0.2) is 32.2 Å². The number of esters is 1. The molecule has 1 aromatic rings. The number of rotatable bonds is 8. The molecule has 0 spiro atoms. The molecule has 0 heterocycles. The fourth-order valence-electron chi connectivity index (χ4n) is 2.86. The zero-order valence-electron chi connectivity index (χ0n) is 14.6. The van der Waals surface area contributed by atoms with E-state index < -0.39 is 12.5 Å². The maximum atomic E-state index is 12.3. The van der Waals surface area contributed by atoms with Gasteiger partial charge in [0.15, 0.2) is 18.1 Å². The number of benzene rings is 1. The Hall–Kier alpha value is -2.38. The van der Waals surface area contributed by atoms with E-state index in [1.54, 1.807) is 0 Å². The van der Waals surface area contributed by atoms with Gasteiger partial charge in [0.1, 0.15) is 0 Å². The molecule has 1 saturated carbocycles. The van der Waals surface area contributed by atoms with Crippen molar-refractivity contribution in [3.8, 4) is 11.5 Å². The van der Waals surface area contributed by atoms with Crippen LogP contribution in [0.2, 0.25) is 0 Å². The molecule has 0 saturated heterocycles. The van der Waals surface area contributed by atoms with E-state index >= 15 is 0 Å². The van der Waals surface area contributed by atoms with Gasteiger partial charge >= 0.3 is 12.6 Å². The highest BCUT2D eigenvalue weighted by molar-refractivity contribution is 5.81. The highest BCUT2D eigenvalue weighted by Crippen LogP contribution is 2.29. The molecule has 144 valence electrons. The number of halogens is 2. The first-order valence-corrected chi connectivity index (χ1v) is 8.54. The normalized spacial score (nSPS) is 14.8. The van der Waals surface area contributed by atoms with Gasteiger partial charge in [-0.05, 0) is 30.5 Å². The van der Waals surface area contributed by atoms with Crippen LogP contribution in [0.4, 0.5) is 8.78 Å². The Bertz CT molecular complexity index is 618. The summed E-state index contributed by atoms with van der Waals surface area (Å²) in [5.74, 6) is -0.806. The predicted molar refractivity (Wildman–Crippen MR) is 89.0 cm³/mol. The second kappa shape index (κ2) is 9.94. The molecule has 1 aliphatic rings. The first-order valence-electron chi connectivity index (χ1n) is 8.54. The summed E-state index contributed by atoms with van der Waals surface area (Å²) in [4.78, 5) is 23.7. The number of methoxy groups -OCH3 is 1. The minimum atomic E-state index is -2.95. The molecule has 26 heavy (non-hydrogen) atoms. The fourth-order valence-corrected chi connectivity index (χ4v) is 2.86. The Balaban J connectivity index is 1.78. The third-order valence-corrected chi connectivity index (χ3v) is 4.22. The largest absolute Gasteiger partial charge is 0.493 e. The van der Waals surface area contributed by atoms with Crippen molar-refractivity contribution in [2.45, 2.75) is 45.3 Å². The minimum Gasteiger partial charge on any atom is -0.493 e. The number of nitrogens with one attached hydrogen (secondary N) is 1. The lowest BCUT2D eigenvalue weighted by molar-refractivity contribution is -0.153. The zero-order valence-corrected chi connectivity index (χ0v) is 14.6. The van der Waals surface area contributed by atoms with Gasteiger partial charge in [0.2, 0.25) is 0 Å². The van der Waals surface area contributed by atoms with Crippen LogP contribution in [-0.2, 0) is 20.9 Å². The molecule has 0 atom stereocenters. The number of alkyl halides is 2. The van der Waals surface area contributed by atoms with Crippen LogP contribution in [0.15, 0.2) is 18.2 Å². The van der Waals surface area contributed by atoms with Crippen LogP contribution in [0.3, 0.4) is 0 Å². The van der Waals surface area contributed by atoms with Gasteiger partial charge in [-0.25, -0.2) is 0 Å². The van der Waals surface area contributed by atoms with Crippen molar-refractivity contribution in [2.24, 2.45) is 5.92 Å². The van der Waals surface area contributed by atoms with Gasteiger partial charge in [-0.2, -0.15) is 8.78 Å². The van der Waals surface area contributed by atoms with E-state index in [0.717, 1.165) is 32.1 Å². The lowest BCUT2D eigenvalue weighted by Gasteiger charge is -2.19. The van der Waals surface area contributed by atoms with Crippen LogP contribution >= 0.6 is 0 Å². The molecular weight excluding hydrogens is 348 g/mol. The fraction of sp³-hybridized carbons (Fsp3) is 0.556. The molecule has 1 aliphatic carbocycles. The molecule has 0 bridgehead atoms. The van der Waals surface area contributed by atoms with Crippen molar-refractivity contribution in [3.63, 3.8) is 0 Å². The number of carbonyl (C=O) groups is 2. The highest BCUT2D eigenvalue weighted by atomic mass is 19.3. The summed E-state index contributed by atoms with van der Waals surface area (Å²) >= 11 is 0. The van der Waals surface area contributed by atoms with Crippen molar-refractivity contribution in [3.05, 3.63) is 23.8 Å². The van der Waals surface area contributed by atoms with Crippen LogP contribution in [0, 0.1) is 5.92 Å². The van der Waals surface area contributed by atoms with E-state index in [0.29, 0.717) is 5.56 Å². The topological polar surface area (TPSA) is 73.9 Å². The first kappa shape index (κ1) is 19.9. The molecule has 0 aliphatic heterocycles. The van der Waals surface area contributed by atoms with Crippen molar-refractivity contribution >= 4 is 11.9 Å². The van der Waals surface area contributed by atoms with Crippen molar-refractivity contribution < 1.29 is 32.6 Å². The molecule has 0 aromatic heterocycles. The Labute approximate surface area is 150 Å². The summed E-state index contributed by atoms with van der Waals surface area (Å²) in [6.07, 6.45) is 4.79. The van der Waals surface area contributed by atoms with Crippen LogP contribution in [0.25, 0.3) is 0 Å². The number of ether oxygens (including phenoxy) is 3. The molecule has 0 unspecified atom stereocenters. The Morgan fingerprint density at radius 2 is 1.92 bits per heavy atom. The molecule has 1 N–H and O–H groups in total. The molecule has 1 aromatic carbocycles. The Kier molecular flexibility index (Phi) is 7.62. The van der Waals surface area contributed by atoms with Crippen molar-refractivity contribution in [1.82, 2.24) is 5.32 Å². The third kappa shape index (κ3) is 6.16. The number of hydrogen-bond acceptors (Lipinski definition) is 5. The Morgan fingerprint density at radius 1 is 1.19 bits per heavy atom. The molecule has 8 heteroatoms. The first-order chi connectivity index (χ1) is 12.5. The monoisotopic (exact) mass is 371 g/mol. The van der Waals surface area contributed by atoms with Crippen LogP contribution < -0.4 is 14.8 Å². The van der Waals surface area contributed by atoms with Crippen molar-refractivity contribution in [2.75, 3.05) is 13.7 Å². The van der Waals surface area contributed by atoms with Gasteiger partial charge in [0, 0.05) is 6.54 Å². The zero-order chi connectivity index (χ0) is 18.9.